The number of ether oxygens (including phenoxy) is 2. The van der Waals surface area contributed by atoms with Crippen molar-refractivity contribution in [2.45, 2.75) is 12.8 Å². The van der Waals surface area contributed by atoms with Gasteiger partial charge in [-0.2, -0.15) is 0 Å². The fourth-order valence-electron chi connectivity index (χ4n) is 3.26. The average Bonchev–Trinajstić information content (AvgIpc) is 2.56. The number of fused-ring (bicyclic) bond motifs is 4. The zero-order valence-electron chi connectivity index (χ0n) is 12.0. The molecule has 22 heavy (non-hydrogen) atoms. The predicted octanol–water partition coefficient (Wildman–Crippen LogP) is 5.08. The third-order valence-electron chi connectivity index (χ3n) is 4.39. The van der Waals surface area contributed by atoms with Crippen molar-refractivity contribution < 1.29 is 9.47 Å². The second-order valence-corrected chi connectivity index (χ2v) is 5.84. The topological polar surface area (TPSA) is 18.5 Å². The van der Waals surface area contributed by atoms with Crippen molar-refractivity contribution in [3.05, 3.63) is 82.9 Å². The lowest BCUT2D eigenvalue weighted by Gasteiger charge is -2.25. The fourth-order valence-corrected chi connectivity index (χ4v) is 3.26. The first-order chi connectivity index (χ1) is 10.9. The first-order valence-electron chi connectivity index (χ1n) is 7.54. The van der Waals surface area contributed by atoms with Gasteiger partial charge in [0.2, 0.25) is 0 Å². The van der Waals surface area contributed by atoms with Crippen LogP contribution in [-0.4, -0.2) is 0 Å². The Kier molecular flexibility index (Phi) is 2.36. The van der Waals surface area contributed by atoms with Crippen LogP contribution >= 0.6 is 0 Å². The van der Waals surface area contributed by atoms with Crippen LogP contribution in [0.4, 0.5) is 0 Å². The fraction of sp³-hybridized carbons (Fsp3) is 0.100. The Bertz CT molecular complexity index is 752. The van der Waals surface area contributed by atoms with E-state index in [1.807, 2.05) is 24.3 Å². The molecule has 0 spiro atoms. The van der Waals surface area contributed by atoms with Crippen LogP contribution in [0.25, 0.3) is 0 Å². The minimum absolute atomic E-state index is 0.893. The quantitative estimate of drug-likeness (QED) is 0.395. The van der Waals surface area contributed by atoms with Gasteiger partial charge in [0.05, 0.1) is 0 Å². The predicted molar refractivity (Wildman–Crippen MR) is 85.1 cm³/mol. The molecule has 0 unspecified atom stereocenters. The van der Waals surface area contributed by atoms with E-state index in [4.69, 9.17) is 9.47 Å². The highest BCUT2D eigenvalue weighted by Gasteiger charge is 2.23. The molecule has 3 aromatic carbocycles. The van der Waals surface area contributed by atoms with Crippen LogP contribution in [0, 0.1) is 0 Å². The van der Waals surface area contributed by atoms with Crippen LogP contribution in [0.5, 0.6) is 23.0 Å². The third kappa shape index (κ3) is 1.74. The van der Waals surface area contributed by atoms with Crippen molar-refractivity contribution >= 4 is 0 Å². The van der Waals surface area contributed by atoms with Gasteiger partial charge >= 0.3 is 0 Å². The monoisotopic (exact) mass is 286 g/mol. The van der Waals surface area contributed by atoms with E-state index in [2.05, 4.69) is 36.4 Å². The summed E-state index contributed by atoms with van der Waals surface area (Å²) in [5, 5.41) is 0. The van der Waals surface area contributed by atoms with Gasteiger partial charge in [-0.3, -0.25) is 0 Å². The first kappa shape index (κ1) is 11.9. The Morgan fingerprint density at radius 2 is 0.955 bits per heavy atom. The first-order valence-corrected chi connectivity index (χ1v) is 7.54. The molecule has 0 aliphatic carbocycles. The maximum atomic E-state index is 6.08. The van der Waals surface area contributed by atoms with Crippen molar-refractivity contribution in [2.24, 2.45) is 0 Å². The van der Waals surface area contributed by atoms with Gasteiger partial charge in [-0.1, -0.05) is 36.4 Å². The molecular formula is C20H14O2. The van der Waals surface area contributed by atoms with Crippen molar-refractivity contribution in [1.29, 1.82) is 0 Å². The Morgan fingerprint density at radius 3 is 1.45 bits per heavy atom. The van der Waals surface area contributed by atoms with Gasteiger partial charge in [0.25, 0.3) is 0 Å². The summed E-state index contributed by atoms with van der Waals surface area (Å²) in [6.45, 7) is 0. The molecule has 2 heterocycles. The largest absolute Gasteiger partial charge is 0.457 e. The van der Waals surface area contributed by atoms with Crippen molar-refractivity contribution in [3.8, 4) is 23.0 Å². The molecule has 0 saturated heterocycles. The van der Waals surface area contributed by atoms with Gasteiger partial charge in [-0.25, -0.2) is 0 Å². The molecule has 2 nitrogen and oxygen atoms in total. The van der Waals surface area contributed by atoms with Crippen molar-refractivity contribution in [3.63, 3.8) is 0 Å². The molecule has 3 aromatic rings. The highest BCUT2D eigenvalue weighted by molar-refractivity contribution is 5.58. The van der Waals surface area contributed by atoms with Crippen LogP contribution in [-0.2, 0) is 12.8 Å². The summed E-state index contributed by atoms with van der Waals surface area (Å²) in [6.07, 6.45) is 1.79. The summed E-state index contributed by atoms with van der Waals surface area (Å²) in [5.74, 6) is 3.85. The van der Waals surface area contributed by atoms with E-state index in [0.717, 1.165) is 35.8 Å². The molecule has 0 radical (unpaired) electrons. The minimum atomic E-state index is 0.893. The van der Waals surface area contributed by atoms with Gasteiger partial charge in [0, 0.05) is 24.0 Å². The lowest BCUT2D eigenvalue weighted by atomic mass is 9.94. The van der Waals surface area contributed by atoms with E-state index in [1.165, 1.54) is 22.3 Å². The van der Waals surface area contributed by atoms with Crippen LogP contribution in [0.3, 0.4) is 0 Å². The Balaban J connectivity index is 1.60. The molecule has 0 saturated carbocycles. The summed E-state index contributed by atoms with van der Waals surface area (Å²) < 4.78 is 12.2. The third-order valence-corrected chi connectivity index (χ3v) is 4.39. The second-order valence-electron chi connectivity index (χ2n) is 5.84. The maximum absolute atomic E-state index is 6.08. The smallest absolute Gasteiger partial charge is 0.131 e. The second kappa shape index (κ2) is 4.38. The Labute approximate surface area is 128 Å². The molecule has 2 aliphatic heterocycles. The SMILES string of the molecule is c1ccc2c(c1)Cc1cc3c(cc1O2)Cc1ccccc1O3. The molecule has 0 bridgehead atoms. The number of hydrogen-bond acceptors (Lipinski definition) is 2. The highest BCUT2D eigenvalue weighted by Crippen LogP contribution is 2.43. The van der Waals surface area contributed by atoms with Gasteiger partial charge in [-0.05, 0) is 35.4 Å². The van der Waals surface area contributed by atoms with Gasteiger partial charge in [0.15, 0.2) is 0 Å². The zero-order chi connectivity index (χ0) is 14.5. The normalized spacial score (nSPS) is 13.8. The molecule has 2 heteroatoms. The molecule has 0 fully saturated rings. The van der Waals surface area contributed by atoms with Gasteiger partial charge in [-0.15, -0.1) is 0 Å². The van der Waals surface area contributed by atoms with Gasteiger partial charge in [0.1, 0.15) is 23.0 Å². The van der Waals surface area contributed by atoms with E-state index in [0.29, 0.717) is 0 Å². The summed E-state index contributed by atoms with van der Waals surface area (Å²) in [4.78, 5) is 0. The molecule has 0 amide bonds. The standard InChI is InChI=1S/C20H14O2/c1-3-7-17-13(5-1)9-15-11-20-16(12-19(15)21-17)10-14-6-2-4-8-18(14)22-20/h1-8,11-12H,9-10H2. The van der Waals surface area contributed by atoms with Crippen LogP contribution in [0.1, 0.15) is 22.3 Å². The van der Waals surface area contributed by atoms with Crippen LogP contribution < -0.4 is 9.47 Å². The van der Waals surface area contributed by atoms with E-state index in [-0.39, 0.29) is 0 Å². The van der Waals surface area contributed by atoms with E-state index in [1.54, 1.807) is 0 Å². The minimum Gasteiger partial charge on any atom is -0.457 e. The number of benzene rings is 3. The maximum Gasteiger partial charge on any atom is 0.131 e. The lowest BCUT2D eigenvalue weighted by Crippen LogP contribution is -2.08. The van der Waals surface area contributed by atoms with Crippen molar-refractivity contribution in [2.75, 3.05) is 0 Å². The molecule has 0 aromatic heterocycles. The summed E-state index contributed by atoms with van der Waals surface area (Å²) in [5.41, 5.74) is 4.84. The molecule has 0 atom stereocenters. The Morgan fingerprint density at radius 1 is 0.500 bits per heavy atom. The number of hydrogen-bond donors (Lipinski definition) is 0. The van der Waals surface area contributed by atoms with E-state index < -0.39 is 0 Å². The molecule has 5 rings (SSSR count). The lowest BCUT2D eigenvalue weighted by molar-refractivity contribution is 0.441. The molecule has 2 aliphatic rings. The number of rotatable bonds is 0. The molecular weight excluding hydrogens is 272 g/mol. The van der Waals surface area contributed by atoms with Crippen molar-refractivity contribution in [1.82, 2.24) is 0 Å². The van der Waals surface area contributed by atoms with E-state index >= 15 is 0 Å². The average molecular weight is 286 g/mol. The van der Waals surface area contributed by atoms with E-state index in [9.17, 15) is 0 Å². The van der Waals surface area contributed by atoms with Crippen LogP contribution in [0.2, 0.25) is 0 Å². The number of para-hydroxylation sites is 2. The summed E-state index contributed by atoms with van der Waals surface area (Å²) >= 11 is 0. The highest BCUT2D eigenvalue weighted by atomic mass is 16.5. The molecule has 106 valence electrons. The van der Waals surface area contributed by atoms with Crippen LogP contribution in [0.15, 0.2) is 60.7 Å². The summed E-state index contributed by atoms with van der Waals surface area (Å²) in [7, 11) is 0. The summed E-state index contributed by atoms with van der Waals surface area (Å²) in [6, 6.07) is 20.7. The van der Waals surface area contributed by atoms with Gasteiger partial charge < -0.3 is 9.47 Å². The Hall–Kier alpha value is -2.74. The molecule has 0 N–H and O–H groups in total. The zero-order valence-corrected chi connectivity index (χ0v) is 12.0.